The van der Waals surface area contributed by atoms with Crippen molar-refractivity contribution in [2.24, 2.45) is 7.05 Å². The highest BCUT2D eigenvalue weighted by atomic mass is 35.5. The number of benzene rings is 2. The maximum absolute atomic E-state index is 13.8. The smallest absolute Gasteiger partial charge is 0.338 e. The Morgan fingerprint density at radius 3 is 2.55 bits per heavy atom. The highest BCUT2D eigenvalue weighted by molar-refractivity contribution is 6.30. The predicted octanol–water partition coefficient (Wildman–Crippen LogP) is 2.21. The Hall–Kier alpha value is -3.43. The fourth-order valence-electron chi connectivity index (χ4n) is 4.58. The van der Waals surface area contributed by atoms with E-state index in [9.17, 15) is 14.7 Å². The van der Waals surface area contributed by atoms with Gasteiger partial charge in [0.1, 0.15) is 0 Å². The second-order valence-corrected chi connectivity index (χ2v) is 8.48. The molecule has 10 heteroatoms. The molecule has 0 amide bonds. The van der Waals surface area contributed by atoms with E-state index in [-0.39, 0.29) is 12.4 Å². The van der Waals surface area contributed by atoms with Crippen molar-refractivity contribution >= 4 is 11.6 Å². The van der Waals surface area contributed by atoms with Gasteiger partial charge in [-0.15, -0.1) is 0 Å². The van der Waals surface area contributed by atoms with Crippen LogP contribution in [0.4, 0.5) is 0 Å². The maximum Gasteiger partial charge on any atom is 0.338 e. The van der Waals surface area contributed by atoms with Gasteiger partial charge in [-0.05, 0) is 49.4 Å². The summed E-state index contributed by atoms with van der Waals surface area (Å²) in [4.78, 5) is 28.7. The molecule has 33 heavy (non-hydrogen) atoms. The first-order valence-electron chi connectivity index (χ1n) is 10.3. The van der Waals surface area contributed by atoms with Crippen molar-refractivity contribution in [2.45, 2.75) is 12.5 Å². The molecule has 2 aromatic carbocycles. The van der Waals surface area contributed by atoms with Gasteiger partial charge in [0, 0.05) is 24.2 Å². The van der Waals surface area contributed by atoms with Crippen molar-refractivity contribution in [2.75, 3.05) is 27.5 Å². The highest BCUT2D eigenvalue weighted by Crippen LogP contribution is 2.51. The molecule has 3 heterocycles. The summed E-state index contributed by atoms with van der Waals surface area (Å²) < 4.78 is 19.0. The average molecular weight is 472 g/mol. The normalized spacial score (nSPS) is 17.2. The topological polar surface area (TPSA) is 95.2 Å². The van der Waals surface area contributed by atoms with Gasteiger partial charge in [0.05, 0.1) is 24.4 Å². The van der Waals surface area contributed by atoms with Crippen LogP contribution in [0.3, 0.4) is 0 Å². The number of ether oxygens (including phenoxy) is 3. The van der Waals surface area contributed by atoms with Crippen LogP contribution in [0.15, 0.2) is 39.9 Å². The standard InChI is InChI=1S/C23H22ClN3O6/c1-25-9-8-12-10-15-19(33-11-32-15)20(31-3)16(12)18(25)17-21(28)26(2)23(30)27(22(17)29)14-6-4-13(24)5-7-14/h4-7,10,18,28H,8-9,11H2,1-3H3. The van der Waals surface area contributed by atoms with Crippen LogP contribution < -0.4 is 25.5 Å². The zero-order valence-corrected chi connectivity index (χ0v) is 19.0. The number of aromatic hydroxyl groups is 1. The van der Waals surface area contributed by atoms with Gasteiger partial charge in [-0.25, -0.2) is 9.36 Å². The second-order valence-electron chi connectivity index (χ2n) is 8.05. The first-order chi connectivity index (χ1) is 15.8. The summed E-state index contributed by atoms with van der Waals surface area (Å²) in [6.07, 6.45) is 0.688. The minimum atomic E-state index is -0.684. The lowest BCUT2D eigenvalue weighted by Gasteiger charge is -2.36. The lowest BCUT2D eigenvalue weighted by Crippen LogP contribution is -2.44. The number of aromatic nitrogens is 2. The van der Waals surface area contributed by atoms with E-state index in [1.165, 1.54) is 14.2 Å². The molecule has 2 aliphatic rings. The molecule has 0 saturated heterocycles. The van der Waals surface area contributed by atoms with Crippen LogP contribution in [0.5, 0.6) is 23.1 Å². The number of halogens is 1. The molecule has 1 unspecified atom stereocenters. The van der Waals surface area contributed by atoms with Gasteiger partial charge in [0.2, 0.25) is 18.4 Å². The molecule has 9 nitrogen and oxygen atoms in total. The van der Waals surface area contributed by atoms with Crippen molar-refractivity contribution < 1.29 is 19.3 Å². The van der Waals surface area contributed by atoms with Crippen molar-refractivity contribution in [3.63, 3.8) is 0 Å². The van der Waals surface area contributed by atoms with E-state index in [4.69, 9.17) is 25.8 Å². The second kappa shape index (κ2) is 7.86. The molecule has 0 bridgehead atoms. The van der Waals surface area contributed by atoms with Crippen LogP contribution in [0.25, 0.3) is 5.69 Å². The predicted molar refractivity (Wildman–Crippen MR) is 121 cm³/mol. The third-order valence-corrected chi connectivity index (χ3v) is 6.48. The Morgan fingerprint density at radius 2 is 1.85 bits per heavy atom. The largest absolute Gasteiger partial charge is 0.494 e. The maximum atomic E-state index is 13.8. The molecule has 0 spiro atoms. The fourth-order valence-corrected chi connectivity index (χ4v) is 4.70. The van der Waals surface area contributed by atoms with Crippen LogP contribution in [0.2, 0.25) is 5.02 Å². The molecule has 0 fully saturated rings. The molecule has 1 aromatic heterocycles. The van der Waals surface area contributed by atoms with Crippen molar-refractivity contribution in [1.82, 2.24) is 14.0 Å². The molecule has 0 saturated carbocycles. The Labute approximate surface area is 193 Å². The summed E-state index contributed by atoms with van der Waals surface area (Å²) in [7, 11) is 4.80. The van der Waals surface area contributed by atoms with Gasteiger partial charge in [0.15, 0.2) is 11.5 Å². The van der Waals surface area contributed by atoms with E-state index in [0.29, 0.717) is 46.5 Å². The lowest BCUT2D eigenvalue weighted by atomic mass is 9.87. The van der Waals surface area contributed by atoms with Crippen LogP contribution in [-0.4, -0.2) is 46.6 Å². The summed E-state index contributed by atoms with van der Waals surface area (Å²) in [6.45, 7) is 0.687. The molecule has 2 aliphatic heterocycles. The summed E-state index contributed by atoms with van der Waals surface area (Å²) >= 11 is 5.99. The molecule has 5 rings (SSSR count). The zero-order valence-electron chi connectivity index (χ0n) is 18.3. The van der Waals surface area contributed by atoms with E-state index in [1.54, 1.807) is 24.3 Å². The van der Waals surface area contributed by atoms with Gasteiger partial charge in [0.25, 0.3) is 5.56 Å². The quantitative estimate of drug-likeness (QED) is 0.625. The van der Waals surface area contributed by atoms with E-state index < -0.39 is 23.2 Å². The van der Waals surface area contributed by atoms with Crippen LogP contribution in [0.1, 0.15) is 22.7 Å². The van der Waals surface area contributed by atoms with E-state index in [1.807, 2.05) is 18.0 Å². The third kappa shape index (κ3) is 3.19. The fraction of sp³-hybridized carbons (Fsp3) is 0.304. The van der Waals surface area contributed by atoms with Gasteiger partial charge >= 0.3 is 5.69 Å². The lowest BCUT2D eigenvalue weighted by molar-refractivity contribution is 0.170. The number of fused-ring (bicyclic) bond motifs is 2. The number of rotatable bonds is 3. The summed E-state index contributed by atoms with van der Waals surface area (Å²) in [5, 5.41) is 11.5. The van der Waals surface area contributed by atoms with Crippen LogP contribution in [0, 0.1) is 0 Å². The first-order valence-corrected chi connectivity index (χ1v) is 10.7. The van der Waals surface area contributed by atoms with Gasteiger partial charge in [-0.3, -0.25) is 14.3 Å². The number of methoxy groups -OCH3 is 1. The van der Waals surface area contributed by atoms with Crippen molar-refractivity contribution in [3.05, 3.63) is 72.9 Å². The zero-order chi connectivity index (χ0) is 23.4. The number of likely N-dealkylation sites (N-methyl/N-ethyl adjacent to an activating group) is 1. The van der Waals surface area contributed by atoms with Crippen LogP contribution in [-0.2, 0) is 13.5 Å². The van der Waals surface area contributed by atoms with Crippen molar-refractivity contribution in [3.8, 4) is 28.8 Å². The Balaban J connectivity index is 1.82. The summed E-state index contributed by atoms with van der Waals surface area (Å²) in [6, 6.07) is 7.57. The number of hydrogen-bond donors (Lipinski definition) is 1. The molecular weight excluding hydrogens is 450 g/mol. The van der Waals surface area contributed by atoms with Gasteiger partial charge in [-0.1, -0.05) is 11.6 Å². The summed E-state index contributed by atoms with van der Waals surface area (Å²) in [5.74, 6) is 1.08. The first kappa shape index (κ1) is 21.4. The Bertz CT molecular complexity index is 1380. The molecule has 0 radical (unpaired) electrons. The third-order valence-electron chi connectivity index (χ3n) is 6.22. The summed E-state index contributed by atoms with van der Waals surface area (Å²) in [5.41, 5.74) is 0.742. The minimum absolute atomic E-state index is 0.0627. The number of hydrogen-bond acceptors (Lipinski definition) is 7. The Kier molecular flexibility index (Phi) is 5.10. The SMILES string of the molecule is COc1c2c(cc3c1C(c1c(O)n(C)c(=O)n(-c4ccc(Cl)cc4)c1=O)N(C)CC3)OCO2. The van der Waals surface area contributed by atoms with E-state index >= 15 is 0 Å². The Morgan fingerprint density at radius 1 is 1.12 bits per heavy atom. The van der Waals surface area contributed by atoms with E-state index in [0.717, 1.165) is 14.7 Å². The molecule has 1 N–H and O–H groups in total. The van der Waals surface area contributed by atoms with Crippen LogP contribution >= 0.6 is 11.6 Å². The molecule has 0 aliphatic carbocycles. The minimum Gasteiger partial charge on any atom is -0.494 e. The number of nitrogens with zero attached hydrogens (tertiary/aromatic N) is 3. The molecule has 1 atom stereocenters. The van der Waals surface area contributed by atoms with Gasteiger partial charge in [-0.2, -0.15) is 0 Å². The molecule has 3 aromatic rings. The van der Waals surface area contributed by atoms with E-state index in [2.05, 4.69) is 0 Å². The van der Waals surface area contributed by atoms with Gasteiger partial charge < -0.3 is 19.3 Å². The molecule has 172 valence electrons. The van der Waals surface area contributed by atoms with Crippen molar-refractivity contribution in [1.29, 1.82) is 0 Å². The average Bonchev–Trinajstić information content (AvgIpc) is 3.27. The molecular formula is C23H22ClN3O6. The highest BCUT2D eigenvalue weighted by Gasteiger charge is 2.38. The monoisotopic (exact) mass is 471 g/mol.